The number of nitrogens with zero attached hydrogens (tertiary/aromatic N) is 5. The molecule has 0 unspecified atom stereocenters. The van der Waals surface area contributed by atoms with Crippen molar-refractivity contribution in [1.29, 1.82) is 0 Å². The summed E-state index contributed by atoms with van der Waals surface area (Å²) in [4.78, 5) is 24.8. The molecule has 266 valence electrons. The molecule has 0 aliphatic carbocycles. The molecule has 7 aromatic carbocycles. The Balaban J connectivity index is 1.05. The van der Waals surface area contributed by atoms with Crippen LogP contribution in [0.25, 0.3) is 110 Å². The molecule has 0 bridgehead atoms. The SMILES string of the molecule is c1ccc(-c2nc(-c3ccccc3)nc(-c3ccc(-c4cc(-c5ccc6sc7ccccc7c6c5)cc(-c5ccc6ccc7cccnc7c6n5)c4)cc3)n2)cc1. The zero-order chi connectivity index (χ0) is 37.7. The number of rotatable bonds is 6. The van der Waals surface area contributed by atoms with Gasteiger partial charge in [-0.1, -0.05) is 133 Å². The zero-order valence-electron chi connectivity index (χ0n) is 30.5. The first-order chi connectivity index (χ1) is 28.2. The van der Waals surface area contributed by atoms with Gasteiger partial charge >= 0.3 is 0 Å². The number of hydrogen-bond acceptors (Lipinski definition) is 6. The Hall–Kier alpha value is -7.41. The number of hydrogen-bond donors (Lipinski definition) is 0. The topological polar surface area (TPSA) is 64.5 Å². The van der Waals surface area contributed by atoms with Crippen LogP contribution in [-0.4, -0.2) is 24.9 Å². The molecular formula is C51H31N5S. The molecule has 0 saturated carbocycles. The molecule has 0 aliphatic rings. The number of benzene rings is 7. The molecular weight excluding hydrogens is 715 g/mol. The first-order valence-electron chi connectivity index (χ1n) is 18.9. The van der Waals surface area contributed by atoms with Crippen molar-refractivity contribution < 1.29 is 0 Å². The minimum atomic E-state index is 0.626. The van der Waals surface area contributed by atoms with Crippen LogP contribution >= 0.6 is 11.3 Å². The lowest BCUT2D eigenvalue weighted by molar-refractivity contribution is 1.07. The van der Waals surface area contributed by atoms with Crippen LogP contribution in [0.4, 0.5) is 0 Å². The van der Waals surface area contributed by atoms with Gasteiger partial charge in [-0.25, -0.2) is 19.9 Å². The van der Waals surface area contributed by atoms with Gasteiger partial charge in [-0.2, -0.15) is 0 Å². The van der Waals surface area contributed by atoms with E-state index in [4.69, 9.17) is 24.9 Å². The molecule has 6 heteroatoms. The summed E-state index contributed by atoms with van der Waals surface area (Å²) in [6, 6.07) is 63.5. The van der Waals surface area contributed by atoms with Gasteiger partial charge < -0.3 is 0 Å². The second kappa shape index (κ2) is 13.7. The zero-order valence-corrected chi connectivity index (χ0v) is 31.4. The lowest BCUT2D eigenvalue weighted by Crippen LogP contribution is -2.00. The van der Waals surface area contributed by atoms with E-state index in [0.717, 1.165) is 72.0 Å². The van der Waals surface area contributed by atoms with E-state index < -0.39 is 0 Å². The van der Waals surface area contributed by atoms with E-state index in [0.29, 0.717) is 17.5 Å². The van der Waals surface area contributed by atoms with Gasteiger partial charge in [0, 0.05) is 59.4 Å². The Kier molecular flexibility index (Phi) is 7.93. The van der Waals surface area contributed by atoms with Crippen molar-refractivity contribution in [2.24, 2.45) is 0 Å². The van der Waals surface area contributed by atoms with Crippen molar-refractivity contribution in [3.63, 3.8) is 0 Å². The summed E-state index contributed by atoms with van der Waals surface area (Å²) in [6.07, 6.45) is 1.84. The van der Waals surface area contributed by atoms with Crippen LogP contribution in [0.15, 0.2) is 188 Å². The molecule has 0 fully saturated rings. The van der Waals surface area contributed by atoms with Gasteiger partial charge in [0.25, 0.3) is 0 Å². The van der Waals surface area contributed by atoms with Crippen LogP contribution in [-0.2, 0) is 0 Å². The highest BCUT2D eigenvalue weighted by Crippen LogP contribution is 2.39. The highest BCUT2D eigenvalue weighted by molar-refractivity contribution is 7.25. The molecule has 4 heterocycles. The van der Waals surface area contributed by atoms with Crippen LogP contribution < -0.4 is 0 Å². The van der Waals surface area contributed by atoms with Gasteiger partial charge in [-0.15, -0.1) is 11.3 Å². The number of aromatic nitrogens is 5. The van der Waals surface area contributed by atoms with Crippen molar-refractivity contribution in [2.45, 2.75) is 0 Å². The first kappa shape index (κ1) is 33.0. The third-order valence-corrected chi connectivity index (χ3v) is 11.7. The minimum absolute atomic E-state index is 0.626. The van der Waals surface area contributed by atoms with Gasteiger partial charge in [-0.3, -0.25) is 4.98 Å². The molecule has 0 spiro atoms. The quantitative estimate of drug-likeness (QED) is 0.159. The summed E-state index contributed by atoms with van der Waals surface area (Å²) in [5.74, 6) is 1.91. The predicted molar refractivity (Wildman–Crippen MR) is 236 cm³/mol. The van der Waals surface area contributed by atoms with Gasteiger partial charge in [0.1, 0.15) is 0 Å². The van der Waals surface area contributed by atoms with Crippen LogP contribution in [0, 0.1) is 0 Å². The molecule has 0 N–H and O–H groups in total. The fraction of sp³-hybridized carbons (Fsp3) is 0. The molecule has 11 rings (SSSR count). The van der Waals surface area contributed by atoms with E-state index in [2.05, 4.69) is 115 Å². The summed E-state index contributed by atoms with van der Waals surface area (Å²) < 4.78 is 2.58. The lowest BCUT2D eigenvalue weighted by atomic mass is 9.93. The summed E-state index contributed by atoms with van der Waals surface area (Å²) in [6.45, 7) is 0. The van der Waals surface area contributed by atoms with Gasteiger partial charge in [0.2, 0.25) is 0 Å². The predicted octanol–water partition coefficient (Wildman–Crippen LogP) is 13.3. The number of fused-ring (bicyclic) bond motifs is 6. The largest absolute Gasteiger partial charge is 0.254 e. The van der Waals surface area contributed by atoms with E-state index in [-0.39, 0.29) is 0 Å². The van der Waals surface area contributed by atoms with Crippen molar-refractivity contribution in [3.05, 3.63) is 188 Å². The third kappa shape index (κ3) is 6.09. The Bertz CT molecular complexity index is 3230. The molecule has 0 saturated heterocycles. The molecule has 0 atom stereocenters. The van der Waals surface area contributed by atoms with Crippen LogP contribution in [0.2, 0.25) is 0 Å². The van der Waals surface area contributed by atoms with Crippen molar-refractivity contribution in [1.82, 2.24) is 24.9 Å². The second-order valence-electron chi connectivity index (χ2n) is 14.1. The summed E-state index contributed by atoms with van der Waals surface area (Å²) in [5, 5.41) is 4.69. The fourth-order valence-electron chi connectivity index (χ4n) is 7.65. The van der Waals surface area contributed by atoms with Gasteiger partial charge in [-0.05, 0) is 70.8 Å². The summed E-state index contributed by atoms with van der Waals surface area (Å²) >= 11 is 1.84. The summed E-state index contributed by atoms with van der Waals surface area (Å²) in [5.41, 5.74) is 11.0. The highest BCUT2D eigenvalue weighted by atomic mass is 32.1. The number of thiophene rings is 1. The van der Waals surface area contributed by atoms with E-state index in [1.165, 1.54) is 20.2 Å². The molecule has 11 aromatic rings. The Morgan fingerprint density at radius 2 is 0.860 bits per heavy atom. The maximum atomic E-state index is 5.26. The van der Waals surface area contributed by atoms with Crippen molar-refractivity contribution in [2.75, 3.05) is 0 Å². The van der Waals surface area contributed by atoms with E-state index in [1.807, 2.05) is 84.3 Å². The molecule has 0 amide bonds. The standard InChI is InChI=1S/C51H31N5S/c1-3-10-35(11-4-1)49-54-50(36-12-5-2-6-13-36)56-51(55-49)37-21-17-32(18-22-37)39-28-40(38-24-26-46-43(31-38)42-15-7-8-16-45(42)57-46)30-41(29-39)44-25-23-34-20-19-33-14-9-27-52-47(33)48(34)53-44/h1-31H. The Morgan fingerprint density at radius 3 is 1.58 bits per heavy atom. The maximum Gasteiger partial charge on any atom is 0.164 e. The second-order valence-corrected chi connectivity index (χ2v) is 15.2. The normalized spacial score (nSPS) is 11.5. The highest BCUT2D eigenvalue weighted by Gasteiger charge is 2.15. The third-order valence-electron chi connectivity index (χ3n) is 10.5. The van der Waals surface area contributed by atoms with Crippen LogP contribution in [0.3, 0.4) is 0 Å². The van der Waals surface area contributed by atoms with E-state index in [9.17, 15) is 0 Å². The molecule has 57 heavy (non-hydrogen) atoms. The molecule has 5 nitrogen and oxygen atoms in total. The molecule has 4 aromatic heterocycles. The van der Waals surface area contributed by atoms with Gasteiger partial charge in [0.15, 0.2) is 17.5 Å². The minimum Gasteiger partial charge on any atom is -0.254 e. The smallest absolute Gasteiger partial charge is 0.164 e. The Labute approximate surface area is 332 Å². The average molecular weight is 746 g/mol. The Morgan fingerprint density at radius 1 is 0.316 bits per heavy atom. The lowest BCUT2D eigenvalue weighted by Gasteiger charge is -2.13. The fourth-order valence-corrected chi connectivity index (χ4v) is 8.73. The average Bonchev–Trinajstić information content (AvgIpc) is 3.67. The monoisotopic (exact) mass is 745 g/mol. The van der Waals surface area contributed by atoms with Crippen molar-refractivity contribution >= 4 is 53.3 Å². The van der Waals surface area contributed by atoms with E-state index >= 15 is 0 Å². The number of pyridine rings is 2. The maximum absolute atomic E-state index is 5.26. The van der Waals surface area contributed by atoms with Crippen LogP contribution in [0.1, 0.15) is 0 Å². The van der Waals surface area contributed by atoms with Gasteiger partial charge in [0.05, 0.1) is 16.7 Å². The molecule has 0 aliphatic heterocycles. The first-order valence-corrected chi connectivity index (χ1v) is 19.7. The summed E-state index contributed by atoms with van der Waals surface area (Å²) in [7, 11) is 0. The van der Waals surface area contributed by atoms with E-state index in [1.54, 1.807) is 0 Å². The molecule has 0 radical (unpaired) electrons. The van der Waals surface area contributed by atoms with Crippen molar-refractivity contribution in [3.8, 4) is 67.7 Å². The van der Waals surface area contributed by atoms with Crippen LogP contribution in [0.5, 0.6) is 0 Å².